The molecule has 1 aromatic rings. The molecular weight excluding hydrogens is 360 g/mol. The minimum atomic E-state index is -0.696. The molecule has 2 heterocycles. The number of aromatic nitrogens is 3. The Hall–Kier alpha value is -2.45. The largest absolute Gasteiger partial charge is 0.335 e. The third-order valence-corrected chi connectivity index (χ3v) is 5.85. The molecule has 28 heavy (non-hydrogen) atoms. The zero-order valence-corrected chi connectivity index (χ0v) is 16.5. The standard InChI is InChI=1S/C19H28N6O3/c1-12(2)24-10-13(21-22-24)9-16-18(27)23(19(28)20-16)11-17(26)25(15-7-8-15)14-5-3-4-6-14/h10,12,14-16H,3-9,11H2,1-2H3,(H,20,28)/t16-/m0/s1. The summed E-state index contributed by atoms with van der Waals surface area (Å²) in [5.74, 6) is -0.469. The van der Waals surface area contributed by atoms with E-state index in [1.807, 2.05) is 18.7 Å². The summed E-state index contributed by atoms with van der Waals surface area (Å²) in [4.78, 5) is 41.0. The topological polar surface area (TPSA) is 100 Å². The van der Waals surface area contributed by atoms with Gasteiger partial charge in [0.1, 0.15) is 12.6 Å². The molecule has 3 fully saturated rings. The van der Waals surface area contributed by atoms with Crippen LogP contribution in [0.3, 0.4) is 0 Å². The monoisotopic (exact) mass is 388 g/mol. The van der Waals surface area contributed by atoms with Crippen molar-refractivity contribution in [1.29, 1.82) is 0 Å². The average Bonchev–Trinajstić information content (AvgIpc) is 3.05. The first kappa shape index (κ1) is 18.9. The number of carbonyl (C=O) groups excluding carboxylic acids is 3. The number of imide groups is 1. The van der Waals surface area contributed by atoms with Crippen LogP contribution in [0.25, 0.3) is 0 Å². The summed E-state index contributed by atoms with van der Waals surface area (Å²) in [7, 11) is 0. The maximum atomic E-state index is 12.9. The molecule has 9 heteroatoms. The van der Waals surface area contributed by atoms with E-state index < -0.39 is 12.1 Å². The molecule has 1 aromatic heterocycles. The highest BCUT2D eigenvalue weighted by Gasteiger charge is 2.43. The summed E-state index contributed by atoms with van der Waals surface area (Å²) in [6.07, 6.45) is 8.44. The van der Waals surface area contributed by atoms with Crippen LogP contribution in [0.1, 0.15) is 64.1 Å². The fourth-order valence-electron chi connectivity index (χ4n) is 4.19. The number of carbonyl (C=O) groups is 3. The molecule has 2 aliphatic carbocycles. The first-order valence-corrected chi connectivity index (χ1v) is 10.3. The number of rotatable bonds is 7. The molecular formula is C19H28N6O3. The molecule has 4 rings (SSSR count). The molecule has 1 aliphatic heterocycles. The summed E-state index contributed by atoms with van der Waals surface area (Å²) in [6.45, 7) is 3.81. The van der Waals surface area contributed by atoms with Gasteiger partial charge >= 0.3 is 6.03 Å². The van der Waals surface area contributed by atoms with Crippen molar-refractivity contribution < 1.29 is 14.4 Å². The first-order chi connectivity index (χ1) is 13.4. The Kier molecular flexibility index (Phi) is 5.07. The lowest BCUT2D eigenvalue weighted by molar-refractivity contribution is -0.139. The lowest BCUT2D eigenvalue weighted by atomic mass is 10.1. The second-order valence-corrected chi connectivity index (χ2v) is 8.38. The van der Waals surface area contributed by atoms with Crippen LogP contribution in [-0.4, -0.2) is 67.3 Å². The number of urea groups is 1. The van der Waals surface area contributed by atoms with Crippen LogP contribution >= 0.6 is 0 Å². The number of nitrogens with one attached hydrogen (secondary N) is 1. The molecule has 0 unspecified atom stereocenters. The Morgan fingerprint density at radius 3 is 2.50 bits per heavy atom. The van der Waals surface area contributed by atoms with Crippen molar-refractivity contribution in [3.8, 4) is 0 Å². The van der Waals surface area contributed by atoms with Gasteiger partial charge in [-0.3, -0.25) is 14.5 Å². The summed E-state index contributed by atoms with van der Waals surface area (Å²) in [5, 5.41) is 10.8. The van der Waals surface area contributed by atoms with Crippen molar-refractivity contribution in [3.63, 3.8) is 0 Å². The van der Waals surface area contributed by atoms with Crippen LogP contribution in [0.15, 0.2) is 6.20 Å². The fraction of sp³-hybridized carbons (Fsp3) is 0.737. The molecule has 2 saturated carbocycles. The second kappa shape index (κ2) is 7.52. The Labute approximate surface area is 164 Å². The van der Waals surface area contributed by atoms with Crippen molar-refractivity contribution in [1.82, 2.24) is 30.1 Å². The Morgan fingerprint density at radius 1 is 1.21 bits per heavy atom. The molecule has 152 valence electrons. The molecule has 0 aromatic carbocycles. The summed E-state index contributed by atoms with van der Waals surface area (Å²) >= 11 is 0. The van der Waals surface area contributed by atoms with Gasteiger partial charge in [-0.05, 0) is 39.5 Å². The van der Waals surface area contributed by atoms with Crippen LogP contribution in [-0.2, 0) is 16.0 Å². The maximum absolute atomic E-state index is 12.9. The lowest BCUT2D eigenvalue weighted by Gasteiger charge is -2.30. The predicted molar refractivity (Wildman–Crippen MR) is 100 cm³/mol. The van der Waals surface area contributed by atoms with Crippen LogP contribution < -0.4 is 5.32 Å². The molecule has 0 bridgehead atoms. The van der Waals surface area contributed by atoms with Crippen molar-refractivity contribution in [2.75, 3.05) is 6.54 Å². The third-order valence-electron chi connectivity index (χ3n) is 5.85. The molecule has 3 aliphatic rings. The molecule has 1 N–H and O–H groups in total. The van der Waals surface area contributed by atoms with Crippen molar-refractivity contribution in [2.45, 2.75) is 83.0 Å². The van der Waals surface area contributed by atoms with E-state index in [0.717, 1.165) is 43.4 Å². The normalized spacial score (nSPS) is 23.0. The van der Waals surface area contributed by atoms with Gasteiger partial charge in [0.2, 0.25) is 5.91 Å². The summed E-state index contributed by atoms with van der Waals surface area (Å²) in [6, 6.07) is -0.464. The Morgan fingerprint density at radius 2 is 1.89 bits per heavy atom. The third kappa shape index (κ3) is 3.74. The molecule has 9 nitrogen and oxygen atoms in total. The van der Waals surface area contributed by atoms with Crippen LogP contribution in [0.5, 0.6) is 0 Å². The van der Waals surface area contributed by atoms with Gasteiger partial charge in [0.25, 0.3) is 5.91 Å². The Bertz CT molecular complexity index is 765. The zero-order valence-electron chi connectivity index (χ0n) is 16.5. The van der Waals surface area contributed by atoms with E-state index in [9.17, 15) is 14.4 Å². The second-order valence-electron chi connectivity index (χ2n) is 8.38. The number of amides is 4. The summed E-state index contributed by atoms with van der Waals surface area (Å²) in [5.41, 5.74) is 0.645. The van der Waals surface area contributed by atoms with E-state index in [-0.39, 0.29) is 36.9 Å². The van der Waals surface area contributed by atoms with Gasteiger partial charge in [-0.1, -0.05) is 18.1 Å². The number of hydrogen-bond acceptors (Lipinski definition) is 5. The predicted octanol–water partition coefficient (Wildman–Crippen LogP) is 1.26. The maximum Gasteiger partial charge on any atom is 0.325 e. The Balaban J connectivity index is 1.39. The van der Waals surface area contributed by atoms with Gasteiger partial charge in [0, 0.05) is 30.7 Å². The average molecular weight is 388 g/mol. The smallest absolute Gasteiger partial charge is 0.325 e. The van der Waals surface area contributed by atoms with E-state index in [1.54, 1.807) is 10.9 Å². The zero-order chi connectivity index (χ0) is 19.8. The first-order valence-electron chi connectivity index (χ1n) is 10.3. The van der Waals surface area contributed by atoms with Crippen molar-refractivity contribution >= 4 is 17.8 Å². The SMILES string of the molecule is CC(C)n1cc(C[C@@H]2NC(=O)N(CC(=O)N(C3CCCC3)C3CC3)C2=O)nn1. The van der Waals surface area contributed by atoms with Gasteiger partial charge in [-0.25, -0.2) is 9.48 Å². The summed E-state index contributed by atoms with van der Waals surface area (Å²) < 4.78 is 1.72. The number of hydrogen-bond donors (Lipinski definition) is 1. The van der Waals surface area contributed by atoms with Crippen LogP contribution in [0.2, 0.25) is 0 Å². The molecule has 4 amide bonds. The lowest BCUT2D eigenvalue weighted by Crippen LogP contribution is -2.47. The number of nitrogens with zero attached hydrogens (tertiary/aromatic N) is 5. The van der Waals surface area contributed by atoms with Gasteiger partial charge in [0.05, 0.1) is 5.69 Å². The van der Waals surface area contributed by atoms with Gasteiger partial charge in [-0.15, -0.1) is 5.10 Å². The van der Waals surface area contributed by atoms with Crippen molar-refractivity contribution in [2.24, 2.45) is 0 Å². The molecule has 1 atom stereocenters. The van der Waals surface area contributed by atoms with E-state index in [2.05, 4.69) is 15.6 Å². The highest BCUT2D eigenvalue weighted by Crippen LogP contribution is 2.34. The van der Waals surface area contributed by atoms with E-state index in [1.165, 1.54) is 0 Å². The van der Waals surface area contributed by atoms with E-state index in [4.69, 9.17) is 0 Å². The quantitative estimate of drug-likeness (QED) is 0.709. The highest BCUT2D eigenvalue weighted by atomic mass is 16.2. The molecule has 0 spiro atoms. The minimum Gasteiger partial charge on any atom is -0.335 e. The van der Waals surface area contributed by atoms with E-state index >= 15 is 0 Å². The molecule has 0 radical (unpaired) electrons. The van der Waals surface area contributed by atoms with Crippen molar-refractivity contribution in [3.05, 3.63) is 11.9 Å². The van der Waals surface area contributed by atoms with E-state index in [0.29, 0.717) is 11.7 Å². The van der Waals surface area contributed by atoms with Gasteiger partial charge in [-0.2, -0.15) is 0 Å². The van der Waals surface area contributed by atoms with Crippen LogP contribution in [0.4, 0.5) is 4.79 Å². The fourth-order valence-corrected chi connectivity index (χ4v) is 4.19. The van der Waals surface area contributed by atoms with Gasteiger partial charge < -0.3 is 10.2 Å². The molecule has 1 saturated heterocycles. The van der Waals surface area contributed by atoms with Crippen LogP contribution in [0, 0.1) is 0 Å². The van der Waals surface area contributed by atoms with Gasteiger partial charge in [0.15, 0.2) is 0 Å². The highest BCUT2D eigenvalue weighted by molar-refractivity contribution is 6.06. The minimum absolute atomic E-state index is 0.107.